The van der Waals surface area contributed by atoms with E-state index < -0.39 is 0 Å². The molecule has 0 saturated heterocycles. The molecule has 0 spiro atoms. The molecule has 5 nitrogen and oxygen atoms in total. The molecular formula is C37H26IrN4O-2. The van der Waals surface area contributed by atoms with Crippen LogP contribution in [-0.2, 0) is 20.1 Å². The molecule has 43 heavy (non-hydrogen) atoms. The van der Waals surface area contributed by atoms with E-state index in [9.17, 15) is 0 Å². The van der Waals surface area contributed by atoms with Gasteiger partial charge in [0.1, 0.15) is 5.58 Å². The Labute approximate surface area is 263 Å². The Balaban J connectivity index is 0.000000213. The molecular weight excluding hydrogens is 709 g/mol. The summed E-state index contributed by atoms with van der Waals surface area (Å²) in [6.07, 6.45) is 1.79. The molecule has 6 heteroatoms. The minimum atomic E-state index is 0. The van der Waals surface area contributed by atoms with Crippen molar-refractivity contribution in [2.75, 3.05) is 0 Å². The summed E-state index contributed by atoms with van der Waals surface area (Å²) < 4.78 is 8.44. The van der Waals surface area contributed by atoms with Crippen LogP contribution in [0.5, 0.6) is 0 Å². The molecule has 0 bridgehead atoms. The van der Waals surface area contributed by atoms with Crippen molar-refractivity contribution >= 4 is 33.0 Å². The molecule has 0 aliphatic rings. The second-order valence-electron chi connectivity index (χ2n) is 10.0. The summed E-state index contributed by atoms with van der Waals surface area (Å²) >= 11 is 0. The third-order valence-electron chi connectivity index (χ3n) is 7.16. The second kappa shape index (κ2) is 12.1. The summed E-state index contributed by atoms with van der Waals surface area (Å²) in [5.74, 6) is 0.802. The van der Waals surface area contributed by atoms with Gasteiger partial charge in [-0.15, -0.1) is 54.1 Å². The Hall–Kier alpha value is -4.90. The van der Waals surface area contributed by atoms with Gasteiger partial charge in [-0.2, -0.15) is 0 Å². The van der Waals surface area contributed by atoms with Crippen LogP contribution >= 0.6 is 0 Å². The van der Waals surface area contributed by atoms with E-state index in [0.717, 1.165) is 72.7 Å². The van der Waals surface area contributed by atoms with E-state index in [4.69, 9.17) is 14.4 Å². The maximum Gasteiger partial charge on any atom is 0.120 e. The number of benzene rings is 4. The predicted molar refractivity (Wildman–Crippen MR) is 168 cm³/mol. The first kappa shape index (κ1) is 28.2. The van der Waals surface area contributed by atoms with Crippen LogP contribution in [0.2, 0.25) is 0 Å². The molecule has 0 amide bonds. The number of fused-ring (bicyclic) bond motifs is 4. The van der Waals surface area contributed by atoms with Gasteiger partial charge in [0.25, 0.3) is 0 Å². The van der Waals surface area contributed by atoms with Gasteiger partial charge >= 0.3 is 0 Å². The van der Waals surface area contributed by atoms with Gasteiger partial charge < -0.3 is 14.0 Å². The molecule has 0 aliphatic carbocycles. The third kappa shape index (κ3) is 5.39. The summed E-state index contributed by atoms with van der Waals surface area (Å²) in [6, 6.07) is 44.6. The van der Waals surface area contributed by atoms with Gasteiger partial charge in [0.2, 0.25) is 0 Å². The van der Waals surface area contributed by atoms with Crippen LogP contribution < -0.4 is 0 Å². The molecule has 211 valence electrons. The topological polar surface area (TPSA) is 56.7 Å². The van der Waals surface area contributed by atoms with Crippen molar-refractivity contribution in [3.05, 3.63) is 145 Å². The fraction of sp³-hybridized carbons (Fsp3) is 0.0541. The number of aromatic nitrogens is 4. The number of pyridine rings is 2. The van der Waals surface area contributed by atoms with E-state index in [-0.39, 0.29) is 20.1 Å². The van der Waals surface area contributed by atoms with Crippen LogP contribution in [0.1, 0.15) is 11.4 Å². The number of imidazole rings is 1. The Bertz CT molecular complexity index is 2120. The molecule has 4 aromatic heterocycles. The van der Waals surface area contributed by atoms with Crippen LogP contribution in [-0.4, -0.2) is 19.5 Å². The van der Waals surface area contributed by atoms with Crippen molar-refractivity contribution in [3.63, 3.8) is 0 Å². The zero-order valence-electron chi connectivity index (χ0n) is 23.6. The van der Waals surface area contributed by atoms with Crippen LogP contribution in [0.3, 0.4) is 0 Å². The number of furan rings is 1. The molecule has 4 aromatic carbocycles. The summed E-state index contributed by atoms with van der Waals surface area (Å²) in [4.78, 5) is 13.9. The SMILES string of the molecule is Cc1cc2nc(-c3[c-]ccc4c3oc3ccccc34)n(-c3ccccc3)c2c(C)n1.[Ir].[c-]1ccccc1-c1ccccn1. The minimum absolute atomic E-state index is 0. The summed E-state index contributed by atoms with van der Waals surface area (Å²) in [6.45, 7) is 4.03. The van der Waals surface area contributed by atoms with Crippen molar-refractivity contribution < 1.29 is 24.5 Å². The maximum atomic E-state index is 6.28. The van der Waals surface area contributed by atoms with Crippen LogP contribution in [0.4, 0.5) is 0 Å². The zero-order valence-corrected chi connectivity index (χ0v) is 26.0. The summed E-state index contributed by atoms with van der Waals surface area (Å²) in [5.41, 5.74) is 9.38. The standard InChI is InChI=1S/C26H18N3O.C11H8N.Ir/c1-16-15-22-24(17(2)27-16)29(18-9-4-3-5-10-18)26(28-22)21-13-8-12-20-19-11-6-7-14-23(19)30-25(20)21;1-2-6-10(7-3-1)11-8-4-5-9-12-11;/h3-12,14-15H,1-2H3;1-6,8-9H;/q2*-1;. The van der Waals surface area contributed by atoms with Gasteiger partial charge in [0, 0.05) is 43.1 Å². The van der Waals surface area contributed by atoms with Crippen molar-refractivity contribution in [3.8, 4) is 28.3 Å². The van der Waals surface area contributed by atoms with Gasteiger partial charge in [0.15, 0.2) is 0 Å². The van der Waals surface area contributed by atoms with E-state index in [1.807, 2.05) is 105 Å². The molecule has 0 saturated carbocycles. The Kier molecular flexibility index (Phi) is 7.97. The fourth-order valence-electron chi connectivity index (χ4n) is 5.36. The maximum absolute atomic E-state index is 6.28. The number of hydrogen-bond donors (Lipinski definition) is 0. The van der Waals surface area contributed by atoms with E-state index in [2.05, 4.69) is 45.9 Å². The van der Waals surface area contributed by atoms with Crippen molar-refractivity contribution in [1.82, 2.24) is 19.5 Å². The van der Waals surface area contributed by atoms with Gasteiger partial charge in [-0.25, -0.2) is 0 Å². The first-order chi connectivity index (χ1) is 20.7. The molecule has 4 heterocycles. The fourth-order valence-corrected chi connectivity index (χ4v) is 5.36. The molecule has 0 N–H and O–H groups in total. The largest absolute Gasteiger partial charge is 0.501 e. The number of hydrogen-bond acceptors (Lipinski definition) is 4. The predicted octanol–water partition coefficient (Wildman–Crippen LogP) is 8.95. The molecule has 1 radical (unpaired) electrons. The van der Waals surface area contributed by atoms with E-state index in [1.54, 1.807) is 6.20 Å². The molecule has 0 aliphatic heterocycles. The van der Waals surface area contributed by atoms with E-state index >= 15 is 0 Å². The number of nitrogens with zero attached hydrogens (tertiary/aromatic N) is 4. The van der Waals surface area contributed by atoms with Gasteiger partial charge in [0.05, 0.1) is 28.1 Å². The molecule has 0 unspecified atom stereocenters. The normalized spacial score (nSPS) is 10.8. The van der Waals surface area contributed by atoms with Crippen LogP contribution in [0.15, 0.2) is 126 Å². The minimum Gasteiger partial charge on any atom is -0.501 e. The smallest absolute Gasteiger partial charge is 0.120 e. The van der Waals surface area contributed by atoms with Crippen molar-refractivity contribution in [2.45, 2.75) is 13.8 Å². The Morgan fingerprint density at radius 2 is 1.51 bits per heavy atom. The molecule has 0 atom stereocenters. The first-order valence-corrected chi connectivity index (χ1v) is 13.8. The van der Waals surface area contributed by atoms with Gasteiger partial charge in [-0.3, -0.25) is 9.97 Å². The second-order valence-corrected chi connectivity index (χ2v) is 10.0. The van der Waals surface area contributed by atoms with Crippen molar-refractivity contribution in [1.29, 1.82) is 0 Å². The zero-order chi connectivity index (χ0) is 28.5. The van der Waals surface area contributed by atoms with Gasteiger partial charge in [-0.05, 0) is 49.9 Å². The third-order valence-corrected chi connectivity index (χ3v) is 7.16. The quantitative estimate of drug-likeness (QED) is 0.170. The van der Waals surface area contributed by atoms with E-state index in [1.165, 1.54) is 0 Å². The summed E-state index contributed by atoms with van der Waals surface area (Å²) in [7, 11) is 0. The molecule has 0 fully saturated rings. The van der Waals surface area contributed by atoms with Crippen LogP contribution in [0, 0.1) is 26.0 Å². The number of rotatable bonds is 3. The average molecular weight is 735 g/mol. The number of aryl methyl sites for hydroxylation is 2. The monoisotopic (exact) mass is 735 g/mol. The first-order valence-electron chi connectivity index (χ1n) is 13.8. The average Bonchev–Trinajstić information content (AvgIpc) is 3.62. The van der Waals surface area contributed by atoms with Crippen molar-refractivity contribution in [2.24, 2.45) is 0 Å². The van der Waals surface area contributed by atoms with Crippen LogP contribution in [0.25, 0.3) is 61.3 Å². The Morgan fingerprint density at radius 3 is 2.30 bits per heavy atom. The van der Waals surface area contributed by atoms with Gasteiger partial charge in [-0.1, -0.05) is 59.5 Å². The van der Waals surface area contributed by atoms with E-state index in [0.29, 0.717) is 0 Å². The Morgan fingerprint density at radius 1 is 0.721 bits per heavy atom. The summed E-state index contributed by atoms with van der Waals surface area (Å²) in [5, 5.41) is 2.16. The number of para-hydroxylation sites is 2. The molecule has 8 rings (SSSR count). The molecule has 8 aromatic rings.